The molecule has 1 rings (SSSR count). The summed E-state index contributed by atoms with van der Waals surface area (Å²) in [5.74, 6) is -0.186. The Bertz CT molecular complexity index is 1220. The van der Waals surface area contributed by atoms with E-state index in [9.17, 15) is 30.3 Å². The van der Waals surface area contributed by atoms with Crippen molar-refractivity contribution in [2.75, 3.05) is 13.2 Å². The third-order valence-electron chi connectivity index (χ3n) is 13.9. The highest BCUT2D eigenvalue weighted by molar-refractivity contribution is 5.76. The van der Waals surface area contributed by atoms with Crippen LogP contribution in [0.25, 0.3) is 0 Å². The van der Waals surface area contributed by atoms with Crippen LogP contribution in [0.2, 0.25) is 0 Å². The van der Waals surface area contributed by atoms with E-state index in [1.165, 1.54) is 205 Å². The Morgan fingerprint density at radius 1 is 0.493 bits per heavy atom. The molecule has 6 N–H and O–H groups in total. The van der Waals surface area contributed by atoms with Crippen LogP contribution in [0.1, 0.15) is 271 Å². The summed E-state index contributed by atoms with van der Waals surface area (Å²) >= 11 is 0. The molecular formula is C60H111NO8. The third-order valence-corrected chi connectivity index (χ3v) is 13.9. The lowest BCUT2D eigenvalue weighted by atomic mass is 9.99. The fraction of sp³-hybridized carbons (Fsp3) is 0.850. The molecule has 0 aromatic rings. The van der Waals surface area contributed by atoms with Gasteiger partial charge in [-0.05, 0) is 64.2 Å². The predicted octanol–water partition coefficient (Wildman–Crippen LogP) is 14.5. The first kappa shape index (κ1) is 65.2. The molecule has 7 atom stereocenters. The maximum atomic E-state index is 13.0. The van der Waals surface area contributed by atoms with Crippen molar-refractivity contribution in [2.24, 2.45) is 0 Å². The quantitative estimate of drug-likeness (QED) is 0.0261. The molecule has 0 aromatic carbocycles. The molecule has 0 aromatic heterocycles. The lowest BCUT2D eigenvalue weighted by Crippen LogP contribution is -2.60. The van der Waals surface area contributed by atoms with Gasteiger partial charge in [-0.3, -0.25) is 4.79 Å². The number of amides is 1. The zero-order valence-electron chi connectivity index (χ0n) is 44.8. The molecule has 1 heterocycles. The zero-order valence-corrected chi connectivity index (χ0v) is 44.8. The van der Waals surface area contributed by atoms with E-state index in [1.807, 2.05) is 6.08 Å². The standard InChI is InChI=1S/C60H111NO8/c1-3-5-7-9-11-13-14-15-16-17-18-19-20-21-22-23-24-25-26-27-28-29-30-31-32-33-34-35-36-37-38-39-40-42-44-46-48-50-56(64)61-53(54(63)49-47-45-43-41-12-10-8-6-4-2)52-68-60-59(67)58(66)57(65)55(51-62)69-60/h12,14-15,17-18,41,47,49,53-55,57-60,62-63,65-67H,3-11,13,16,19-40,42-46,48,50-52H2,1-2H3,(H,61,64)/b15-14-,18-17-,41-12+,49-47+. The van der Waals surface area contributed by atoms with E-state index >= 15 is 0 Å². The van der Waals surface area contributed by atoms with Gasteiger partial charge in [0.15, 0.2) is 6.29 Å². The monoisotopic (exact) mass is 974 g/mol. The Morgan fingerprint density at radius 3 is 1.33 bits per heavy atom. The maximum absolute atomic E-state index is 13.0. The molecule has 0 aliphatic carbocycles. The Hall–Kier alpha value is -1.85. The number of ether oxygens (including phenoxy) is 2. The summed E-state index contributed by atoms with van der Waals surface area (Å²) in [7, 11) is 0. The highest BCUT2D eigenvalue weighted by Crippen LogP contribution is 2.23. The molecule has 0 saturated carbocycles. The molecule has 0 radical (unpaired) electrons. The van der Waals surface area contributed by atoms with Crippen molar-refractivity contribution in [3.05, 3.63) is 48.6 Å². The first-order chi connectivity index (χ1) is 33.8. The van der Waals surface area contributed by atoms with Crippen LogP contribution in [0.3, 0.4) is 0 Å². The van der Waals surface area contributed by atoms with E-state index < -0.39 is 49.5 Å². The summed E-state index contributed by atoms with van der Waals surface area (Å²) < 4.78 is 11.2. The molecule has 1 fully saturated rings. The van der Waals surface area contributed by atoms with E-state index in [1.54, 1.807) is 6.08 Å². The van der Waals surface area contributed by atoms with Crippen molar-refractivity contribution in [2.45, 2.75) is 314 Å². The maximum Gasteiger partial charge on any atom is 0.220 e. The second-order valence-electron chi connectivity index (χ2n) is 20.4. The number of aliphatic hydroxyl groups excluding tert-OH is 5. The number of allylic oxidation sites excluding steroid dienone is 7. The van der Waals surface area contributed by atoms with E-state index in [0.717, 1.165) is 44.9 Å². The number of unbranched alkanes of at least 4 members (excludes halogenated alkanes) is 34. The highest BCUT2D eigenvalue weighted by Gasteiger charge is 2.44. The summed E-state index contributed by atoms with van der Waals surface area (Å²) in [6, 6.07) is -0.818. The van der Waals surface area contributed by atoms with Crippen LogP contribution in [-0.4, -0.2) is 87.5 Å². The van der Waals surface area contributed by atoms with Gasteiger partial charge in [-0.1, -0.05) is 249 Å². The van der Waals surface area contributed by atoms with Crippen LogP contribution in [0.15, 0.2) is 48.6 Å². The smallest absolute Gasteiger partial charge is 0.220 e. The SMILES string of the molecule is CCCCC/C=C/CC/C=C/C(O)C(COC1OC(CO)C(O)C(O)C1O)NC(=O)CCCCCCCCCCCCCCCCCCCCCCCCCCC/C=C\C/C=C\CCCCCCC. The van der Waals surface area contributed by atoms with Crippen LogP contribution in [-0.2, 0) is 14.3 Å². The fourth-order valence-electron chi connectivity index (χ4n) is 9.20. The number of hydrogen-bond acceptors (Lipinski definition) is 8. The van der Waals surface area contributed by atoms with Gasteiger partial charge in [0.25, 0.3) is 0 Å². The minimum absolute atomic E-state index is 0.186. The van der Waals surface area contributed by atoms with Crippen molar-refractivity contribution in [1.29, 1.82) is 0 Å². The highest BCUT2D eigenvalue weighted by atomic mass is 16.7. The van der Waals surface area contributed by atoms with Crippen LogP contribution in [0, 0.1) is 0 Å². The van der Waals surface area contributed by atoms with E-state index in [0.29, 0.717) is 6.42 Å². The van der Waals surface area contributed by atoms with Gasteiger partial charge in [-0.15, -0.1) is 0 Å². The molecule has 1 amide bonds. The summed E-state index contributed by atoms with van der Waals surface area (Å²) in [5, 5.41) is 54.1. The topological polar surface area (TPSA) is 149 Å². The molecule has 1 aliphatic heterocycles. The average Bonchev–Trinajstić information content (AvgIpc) is 3.35. The minimum atomic E-state index is -1.57. The molecule has 1 saturated heterocycles. The van der Waals surface area contributed by atoms with Gasteiger partial charge in [0.1, 0.15) is 24.4 Å². The molecule has 1 aliphatic rings. The minimum Gasteiger partial charge on any atom is -0.394 e. The number of carbonyl (C=O) groups excluding carboxylic acids is 1. The molecule has 0 bridgehead atoms. The molecule has 9 nitrogen and oxygen atoms in total. The van der Waals surface area contributed by atoms with Gasteiger partial charge in [0, 0.05) is 6.42 Å². The summed E-state index contributed by atoms with van der Waals surface area (Å²) in [6.45, 7) is 3.70. The second kappa shape index (κ2) is 49.7. The van der Waals surface area contributed by atoms with Gasteiger partial charge in [0.05, 0.1) is 25.4 Å². The van der Waals surface area contributed by atoms with Gasteiger partial charge in [-0.25, -0.2) is 0 Å². The van der Waals surface area contributed by atoms with E-state index in [-0.39, 0.29) is 12.5 Å². The Morgan fingerprint density at radius 2 is 0.870 bits per heavy atom. The summed E-state index contributed by atoms with van der Waals surface area (Å²) in [5.41, 5.74) is 0. The fourth-order valence-corrected chi connectivity index (χ4v) is 9.20. The molecule has 0 spiro atoms. The molecule has 9 heteroatoms. The van der Waals surface area contributed by atoms with Crippen LogP contribution >= 0.6 is 0 Å². The number of rotatable bonds is 50. The third kappa shape index (κ3) is 39.4. The number of nitrogens with one attached hydrogen (secondary N) is 1. The second-order valence-corrected chi connectivity index (χ2v) is 20.4. The Labute approximate surface area is 424 Å². The Kier molecular flexibility index (Phi) is 47.0. The predicted molar refractivity (Wildman–Crippen MR) is 290 cm³/mol. The molecular weight excluding hydrogens is 863 g/mol. The van der Waals surface area contributed by atoms with Crippen molar-refractivity contribution < 1.29 is 39.8 Å². The van der Waals surface area contributed by atoms with Crippen molar-refractivity contribution in [1.82, 2.24) is 5.32 Å². The van der Waals surface area contributed by atoms with E-state index in [2.05, 4.69) is 55.6 Å². The lowest BCUT2D eigenvalue weighted by Gasteiger charge is -2.40. The van der Waals surface area contributed by atoms with Crippen LogP contribution in [0.5, 0.6) is 0 Å². The summed E-state index contributed by atoms with van der Waals surface area (Å²) in [6.07, 6.45) is 59.5. The average molecular weight is 975 g/mol. The lowest BCUT2D eigenvalue weighted by molar-refractivity contribution is -0.302. The molecule has 404 valence electrons. The first-order valence-corrected chi connectivity index (χ1v) is 29.4. The van der Waals surface area contributed by atoms with E-state index in [4.69, 9.17) is 9.47 Å². The van der Waals surface area contributed by atoms with Gasteiger partial charge in [0.2, 0.25) is 5.91 Å². The van der Waals surface area contributed by atoms with Crippen LogP contribution < -0.4 is 5.32 Å². The Balaban J connectivity index is 2.01. The van der Waals surface area contributed by atoms with Crippen LogP contribution in [0.4, 0.5) is 0 Å². The first-order valence-electron chi connectivity index (χ1n) is 29.4. The normalized spacial score (nSPS) is 19.8. The largest absolute Gasteiger partial charge is 0.394 e. The van der Waals surface area contributed by atoms with Gasteiger partial charge < -0.3 is 40.3 Å². The number of carbonyl (C=O) groups is 1. The summed E-state index contributed by atoms with van der Waals surface area (Å²) in [4.78, 5) is 13.0. The van der Waals surface area contributed by atoms with Crippen molar-refractivity contribution in [3.8, 4) is 0 Å². The zero-order chi connectivity index (χ0) is 50.1. The van der Waals surface area contributed by atoms with Crippen molar-refractivity contribution in [3.63, 3.8) is 0 Å². The molecule has 69 heavy (non-hydrogen) atoms. The van der Waals surface area contributed by atoms with Gasteiger partial charge in [-0.2, -0.15) is 0 Å². The van der Waals surface area contributed by atoms with Gasteiger partial charge >= 0.3 is 0 Å². The number of hydrogen-bond donors (Lipinski definition) is 6. The number of aliphatic hydroxyl groups is 5. The molecule has 7 unspecified atom stereocenters. The van der Waals surface area contributed by atoms with Crippen molar-refractivity contribution >= 4 is 5.91 Å².